The summed E-state index contributed by atoms with van der Waals surface area (Å²) in [5, 5.41) is 0. The highest BCUT2D eigenvalue weighted by Crippen LogP contribution is 2.11. The summed E-state index contributed by atoms with van der Waals surface area (Å²) in [5.74, 6) is 0.717. The maximum atomic E-state index is 5.57. The van der Waals surface area contributed by atoms with Crippen molar-refractivity contribution < 1.29 is 4.74 Å². The fourth-order valence-corrected chi connectivity index (χ4v) is 1.33. The van der Waals surface area contributed by atoms with E-state index in [1.165, 1.54) is 0 Å². The Kier molecular flexibility index (Phi) is 10.4. The Morgan fingerprint density at radius 2 is 1.85 bits per heavy atom. The molecule has 0 aromatic rings. The van der Waals surface area contributed by atoms with E-state index in [0.29, 0.717) is 12.3 Å². The van der Waals surface area contributed by atoms with Crippen LogP contribution in [0.1, 0.15) is 6.92 Å². The minimum atomic E-state index is 0.578. The van der Waals surface area contributed by atoms with E-state index in [4.69, 9.17) is 4.74 Å². The first-order valence-electron chi connectivity index (χ1n) is 6.51. The zero-order chi connectivity index (χ0) is 15.2. The highest BCUT2D eigenvalue weighted by atomic mass is 16.5. The van der Waals surface area contributed by atoms with Crippen LogP contribution in [-0.2, 0) is 4.74 Å². The molecule has 0 saturated carbocycles. The molecule has 0 aromatic heterocycles. The van der Waals surface area contributed by atoms with E-state index in [2.05, 4.69) is 24.7 Å². The Labute approximate surface area is 123 Å². The molecule has 0 rings (SSSR count). The molecule has 0 fully saturated rings. The van der Waals surface area contributed by atoms with E-state index in [-0.39, 0.29) is 0 Å². The van der Waals surface area contributed by atoms with Gasteiger partial charge in [-0.05, 0) is 19.1 Å². The molecule has 0 amide bonds. The number of allylic oxidation sites excluding steroid dienone is 9. The first-order chi connectivity index (χ1) is 9.73. The lowest BCUT2D eigenvalue weighted by molar-refractivity contribution is 0.280. The fourth-order valence-electron chi connectivity index (χ4n) is 1.33. The first kappa shape index (κ1) is 17.7. The van der Waals surface area contributed by atoms with Crippen molar-refractivity contribution in [2.75, 3.05) is 6.51 Å². The second kappa shape index (κ2) is 11.8. The van der Waals surface area contributed by atoms with Gasteiger partial charge in [0.1, 0.15) is 5.76 Å². The molecule has 0 bridgehead atoms. The van der Waals surface area contributed by atoms with Crippen LogP contribution in [0.4, 0.5) is 0 Å². The molecule has 104 valence electrons. The first-order valence-corrected chi connectivity index (χ1v) is 6.51. The molecular weight excluding hydrogens is 245 g/mol. The van der Waals surface area contributed by atoms with Crippen molar-refractivity contribution >= 4 is 14.1 Å². The lowest BCUT2D eigenvalue weighted by Crippen LogP contribution is -1.99. The molecule has 0 aliphatic heterocycles. The number of rotatable bonds is 9. The van der Waals surface area contributed by atoms with Gasteiger partial charge in [0, 0.05) is 11.8 Å². The van der Waals surface area contributed by atoms with Gasteiger partial charge in [-0.3, -0.25) is 4.99 Å². The van der Waals surface area contributed by atoms with Crippen molar-refractivity contribution in [1.82, 2.24) is 0 Å². The van der Waals surface area contributed by atoms with Gasteiger partial charge in [0.15, 0.2) is 7.85 Å². The third-order valence-electron chi connectivity index (χ3n) is 2.20. The predicted octanol–water partition coefficient (Wildman–Crippen LogP) is 3.49. The molecule has 0 radical (unpaired) electrons. The molecule has 0 aliphatic carbocycles. The van der Waals surface area contributed by atoms with Gasteiger partial charge >= 0.3 is 0 Å². The number of aliphatic imine (C=N–C) groups is 1. The Morgan fingerprint density at radius 3 is 2.35 bits per heavy atom. The third kappa shape index (κ3) is 7.22. The molecule has 0 heterocycles. The zero-order valence-corrected chi connectivity index (χ0v) is 12.4. The van der Waals surface area contributed by atoms with Crippen LogP contribution >= 0.6 is 0 Å². The Balaban J connectivity index is 5.30. The summed E-state index contributed by atoms with van der Waals surface area (Å²) in [6.45, 7) is 13.5. The Morgan fingerprint density at radius 1 is 1.15 bits per heavy atom. The van der Waals surface area contributed by atoms with Crippen molar-refractivity contribution in [2.24, 2.45) is 4.99 Å². The van der Waals surface area contributed by atoms with Crippen molar-refractivity contribution in [3.05, 3.63) is 85.4 Å². The van der Waals surface area contributed by atoms with Crippen LogP contribution in [0.15, 0.2) is 90.4 Å². The van der Waals surface area contributed by atoms with Crippen LogP contribution in [-0.4, -0.2) is 20.6 Å². The number of nitrogens with zero attached hydrogens (tertiary/aromatic N) is 1. The van der Waals surface area contributed by atoms with Gasteiger partial charge in [-0.25, -0.2) is 0 Å². The predicted molar refractivity (Wildman–Crippen MR) is 92.6 cm³/mol. The van der Waals surface area contributed by atoms with E-state index >= 15 is 0 Å². The smallest absolute Gasteiger partial charge is 0.150 e. The van der Waals surface area contributed by atoms with Crippen molar-refractivity contribution in [3.63, 3.8) is 0 Å². The van der Waals surface area contributed by atoms with Crippen LogP contribution in [0, 0.1) is 0 Å². The van der Waals surface area contributed by atoms with E-state index < -0.39 is 0 Å². The average molecular weight is 267 g/mol. The molecule has 0 saturated heterocycles. The van der Waals surface area contributed by atoms with Crippen LogP contribution < -0.4 is 0 Å². The lowest BCUT2D eigenvalue weighted by Gasteiger charge is -2.08. The largest absolute Gasteiger partial charge is 0.502 e. The van der Waals surface area contributed by atoms with Crippen LogP contribution in [0.5, 0.6) is 0 Å². The summed E-state index contributed by atoms with van der Waals surface area (Å²) in [4.78, 5) is 4.41. The summed E-state index contributed by atoms with van der Waals surface area (Å²) in [7, 11) is 1.93. The lowest BCUT2D eigenvalue weighted by atomic mass is 10.1. The topological polar surface area (TPSA) is 21.6 Å². The maximum Gasteiger partial charge on any atom is 0.150 e. The second-order valence-corrected chi connectivity index (χ2v) is 3.62. The van der Waals surface area contributed by atoms with Crippen LogP contribution in [0.2, 0.25) is 0 Å². The third-order valence-corrected chi connectivity index (χ3v) is 2.20. The number of hydrogen-bond acceptors (Lipinski definition) is 2. The van der Waals surface area contributed by atoms with Gasteiger partial charge in [0.25, 0.3) is 0 Å². The van der Waals surface area contributed by atoms with Gasteiger partial charge in [0.05, 0.1) is 12.2 Å². The molecule has 0 spiro atoms. The summed E-state index contributed by atoms with van der Waals surface area (Å²) < 4.78 is 5.57. The van der Waals surface area contributed by atoms with Gasteiger partial charge < -0.3 is 4.74 Å². The molecule has 0 aliphatic rings. The van der Waals surface area contributed by atoms with E-state index in [9.17, 15) is 0 Å². The quantitative estimate of drug-likeness (QED) is 0.271. The van der Waals surface area contributed by atoms with Crippen molar-refractivity contribution in [3.8, 4) is 0 Å². The van der Waals surface area contributed by atoms with E-state index in [1.807, 2.05) is 39.1 Å². The normalized spacial score (nSPS) is 13.8. The van der Waals surface area contributed by atoms with Crippen LogP contribution in [0.25, 0.3) is 0 Å². The fraction of sp³-hybridized carbons (Fsp3) is 0.118. The van der Waals surface area contributed by atoms with Gasteiger partial charge in [-0.2, -0.15) is 0 Å². The second-order valence-electron chi connectivity index (χ2n) is 3.62. The highest BCUT2D eigenvalue weighted by molar-refractivity contribution is 6.08. The molecular formula is C17H22BNO. The number of hydrogen-bond donors (Lipinski definition) is 0. The van der Waals surface area contributed by atoms with Gasteiger partial charge in [-0.15, -0.1) is 0 Å². The standard InChI is InChI=1S/C17H22BNO/c1-5-9-12-16(8-4)19-13-15(10-6-2)17(11-7-3)20-14-18/h5-13H,1-3,14,18H2,4H3/b12-9-,15-10-,16-8+,17-11+,19-13+. The SMILES string of the molecule is BCOC(=C/C=C)/C(=C\C=C)/C=N/C(/C=C\C=C)=C/C. The zero-order valence-electron chi connectivity index (χ0n) is 12.4. The molecule has 0 unspecified atom stereocenters. The highest BCUT2D eigenvalue weighted by Gasteiger charge is 2.02. The molecule has 20 heavy (non-hydrogen) atoms. The van der Waals surface area contributed by atoms with Gasteiger partial charge in [-0.1, -0.05) is 56.2 Å². The summed E-state index contributed by atoms with van der Waals surface area (Å²) >= 11 is 0. The molecule has 0 N–H and O–H groups in total. The minimum absolute atomic E-state index is 0.578. The molecule has 0 atom stereocenters. The minimum Gasteiger partial charge on any atom is -0.502 e. The molecule has 3 heteroatoms. The van der Waals surface area contributed by atoms with Crippen LogP contribution in [0.3, 0.4) is 0 Å². The van der Waals surface area contributed by atoms with Crippen molar-refractivity contribution in [2.45, 2.75) is 6.92 Å². The molecule has 0 aromatic carbocycles. The van der Waals surface area contributed by atoms with Crippen molar-refractivity contribution in [1.29, 1.82) is 0 Å². The Bertz CT molecular complexity index is 479. The maximum absolute atomic E-state index is 5.57. The van der Waals surface area contributed by atoms with E-state index in [1.54, 1.807) is 30.5 Å². The monoisotopic (exact) mass is 267 g/mol. The summed E-state index contributed by atoms with van der Waals surface area (Å²) in [6.07, 6.45) is 16.1. The average Bonchev–Trinajstić information content (AvgIpc) is 2.46. The summed E-state index contributed by atoms with van der Waals surface area (Å²) in [5.41, 5.74) is 1.68. The van der Waals surface area contributed by atoms with Gasteiger partial charge in [0.2, 0.25) is 0 Å². The summed E-state index contributed by atoms with van der Waals surface area (Å²) in [6, 6.07) is 0. The molecule has 2 nitrogen and oxygen atoms in total. The van der Waals surface area contributed by atoms with E-state index in [0.717, 1.165) is 11.3 Å². The number of ether oxygens (including phenoxy) is 1. The Hall–Kier alpha value is -2.29.